The first kappa shape index (κ1) is 9.73. The highest BCUT2D eigenvalue weighted by Crippen LogP contribution is 2.22. The smallest absolute Gasteiger partial charge is 0.235 e. The first-order valence-electron chi connectivity index (χ1n) is 3.40. The molecule has 0 aliphatic rings. The molecule has 0 fully saturated rings. The Morgan fingerprint density at radius 3 is 2.85 bits per heavy atom. The van der Waals surface area contributed by atoms with Crippen molar-refractivity contribution in [2.24, 2.45) is 0 Å². The molecule has 0 aliphatic heterocycles. The second-order valence-corrected chi connectivity index (χ2v) is 3.16. The minimum atomic E-state index is -0.559. The molecule has 0 radical (unpaired) electrons. The predicted molar refractivity (Wildman–Crippen MR) is 51.8 cm³/mol. The lowest BCUT2D eigenvalue weighted by atomic mass is 10.2. The van der Waals surface area contributed by atoms with E-state index in [2.05, 4.69) is 15.9 Å². The van der Waals surface area contributed by atoms with Crippen LogP contribution >= 0.6 is 15.9 Å². The van der Waals surface area contributed by atoms with Crippen molar-refractivity contribution in [3.05, 3.63) is 44.5 Å². The van der Waals surface area contributed by atoms with Crippen molar-refractivity contribution >= 4 is 22.0 Å². The monoisotopic (exact) mass is 243 g/mol. The molecule has 4 nitrogen and oxygen atoms in total. The van der Waals surface area contributed by atoms with Gasteiger partial charge in [0.2, 0.25) is 6.20 Å². The van der Waals surface area contributed by atoms with Gasteiger partial charge in [-0.1, -0.05) is 15.9 Å². The molecule has 0 bridgehead atoms. The van der Waals surface area contributed by atoms with E-state index in [1.54, 1.807) is 6.07 Å². The van der Waals surface area contributed by atoms with E-state index >= 15 is 0 Å². The zero-order valence-corrected chi connectivity index (χ0v) is 8.06. The number of nitro groups is 1. The molecule has 1 rings (SSSR count). The van der Waals surface area contributed by atoms with Gasteiger partial charge in [-0.05, 0) is 23.8 Å². The Balaban J connectivity index is 3.00. The largest absolute Gasteiger partial charge is 0.508 e. The van der Waals surface area contributed by atoms with Gasteiger partial charge in [0, 0.05) is 10.5 Å². The molecular weight excluding hydrogens is 238 g/mol. The van der Waals surface area contributed by atoms with E-state index in [0.717, 1.165) is 6.20 Å². The Hall–Kier alpha value is -1.36. The molecule has 0 unspecified atom stereocenters. The van der Waals surface area contributed by atoms with E-state index in [1.807, 2.05) is 0 Å². The fourth-order valence-electron chi connectivity index (χ4n) is 0.800. The van der Waals surface area contributed by atoms with Crippen LogP contribution in [0.5, 0.6) is 5.75 Å². The van der Waals surface area contributed by atoms with Crippen molar-refractivity contribution < 1.29 is 10.0 Å². The Morgan fingerprint density at radius 1 is 1.54 bits per heavy atom. The summed E-state index contributed by atoms with van der Waals surface area (Å²) in [6.45, 7) is 0. The van der Waals surface area contributed by atoms with Gasteiger partial charge in [-0.2, -0.15) is 0 Å². The zero-order chi connectivity index (χ0) is 9.84. The van der Waals surface area contributed by atoms with Gasteiger partial charge in [0.15, 0.2) is 0 Å². The number of phenolic OH excluding ortho intramolecular Hbond substituents is 1. The normalized spacial score (nSPS) is 10.5. The summed E-state index contributed by atoms with van der Waals surface area (Å²) in [5.41, 5.74) is 0.566. The number of hydrogen-bond acceptors (Lipinski definition) is 3. The molecule has 0 spiro atoms. The molecule has 0 amide bonds. The summed E-state index contributed by atoms with van der Waals surface area (Å²) in [5.74, 6) is 0.0752. The first-order chi connectivity index (χ1) is 6.09. The molecule has 1 aromatic rings. The van der Waals surface area contributed by atoms with Crippen LogP contribution in [0.4, 0.5) is 0 Å². The Kier molecular flexibility index (Phi) is 3.02. The van der Waals surface area contributed by atoms with E-state index in [1.165, 1.54) is 18.2 Å². The fraction of sp³-hybridized carbons (Fsp3) is 0. The van der Waals surface area contributed by atoms with Crippen molar-refractivity contribution in [3.63, 3.8) is 0 Å². The SMILES string of the molecule is O=[N+]([O-])/C=C/c1cc(O)ccc1Br. The summed E-state index contributed by atoms with van der Waals surface area (Å²) < 4.78 is 0.698. The van der Waals surface area contributed by atoms with Gasteiger partial charge in [-0.3, -0.25) is 10.1 Å². The summed E-state index contributed by atoms with van der Waals surface area (Å²) in [6, 6.07) is 4.55. The van der Waals surface area contributed by atoms with Crippen LogP contribution in [0, 0.1) is 10.1 Å². The van der Waals surface area contributed by atoms with Gasteiger partial charge >= 0.3 is 0 Å². The minimum Gasteiger partial charge on any atom is -0.508 e. The van der Waals surface area contributed by atoms with E-state index in [0.29, 0.717) is 10.0 Å². The second-order valence-electron chi connectivity index (χ2n) is 2.31. The molecule has 0 aromatic heterocycles. The molecule has 68 valence electrons. The Bertz CT molecular complexity index is 362. The predicted octanol–water partition coefficient (Wildman–Crippen LogP) is 2.40. The Labute approximate surface area is 82.8 Å². The quantitative estimate of drug-likeness (QED) is 0.641. The lowest BCUT2D eigenvalue weighted by Gasteiger charge is -1.97. The maximum Gasteiger partial charge on any atom is 0.235 e. The summed E-state index contributed by atoms with van der Waals surface area (Å²) in [5, 5.41) is 19.1. The van der Waals surface area contributed by atoms with Crippen molar-refractivity contribution in [1.82, 2.24) is 0 Å². The summed E-state index contributed by atoms with van der Waals surface area (Å²) in [6.07, 6.45) is 2.13. The average molecular weight is 244 g/mol. The second kappa shape index (κ2) is 4.04. The van der Waals surface area contributed by atoms with Crippen LogP contribution in [0.15, 0.2) is 28.9 Å². The van der Waals surface area contributed by atoms with Crippen molar-refractivity contribution in [2.75, 3.05) is 0 Å². The molecule has 0 atom stereocenters. The molecule has 1 N–H and O–H groups in total. The van der Waals surface area contributed by atoms with Crippen LogP contribution in [0.2, 0.25) is 0 Å². The van der Waals surface area contributed by atoms with Crippen LogP contribution in [0.1, 0.15) is 5.56 Å². The average Bonchev–Trinajstić information content (AvgIpc) is 2.06. The van der Waals surface area contributed by atoms with Crippen LogP contribution in [-0.4, -0.2) is 10.0 Å². The third-order valence-corrected chi connectivity index (χ3v) is 2.08. The number of phenols is 1. The summed E-state index contributed by atoms with van der Waals surface area (Å²) in [4.78, 5) is 9.45. The molecule has 0 saturated heterocycles. The molecule has 0 saturated carbocycles. The first-order valence-corrected chi connectivity index (χ1v) is 4.19. The number of halogens is 1. The highest BCUT2D eigenvalue weighted by molar-refractivity contribution is 9.10. The van der Waals surface area contributed by atoms with Crippen molar-refractivity contribution in [3.8, 4) is 5.75 Å². The fourth-order valence-corrected chi connectivity index (χ4v) is 1.18. The van der Waals surface area contributed by atoms with Crippen molar-refractivity contribution in [2.45, 2.75) is 0 Å². The maximum absolute atomic E-state index is 10.0. The molecule has 13 heavy (non-hydrogen) atoms. The van der Waals surface area contributed by atoms with Crippen LogP contribution < -0.4 is 0 Å². The van der Waals surface area contributed by atoms with Gasteiger partial charge in [0.25, 0.3) is 0 Å². The molecule has 0 heterocycles. The lowest BCUT2D eigenvalue weighted by Crippen LogP contribution is -1.83. The van der Waals surface area contributed by atoms with Crippen LogP contribution in [-0.2, 0) is 0 Å². The topological polar surface area (TPSA) is 63.4 Å². The summed E-state index contributed by atoms with van der Waals surface area (Å²) in [7, 11) is 0. The third kappa shape index (κ3) is 2.87. The standard InChI is InChI=1S/C8H6BrNO3/c9-8-2-1-7(11)5-6(8)3-4-10(12)13/h1-5,11H/b4-3+. The molecule has 0 aliphatic carbocycles. The highest BCUT2D eigenvalue weighted by atomic mass is 79.9. The lowest BCUT2D eigenvalue weighted by molar-refractivity contribution is -0.400. The van der Waals surface area contributed by atoms with Crippen LogP contribution in [0.3, 0.4) is 0 Å². The maximum atomic E-state index is 10.0. The molecule has 5 heteroatoms. The van der Waals surface area contributed by atoms with E-state index in [9.17, 15) is 10.1 Å². The molecular formula is C8H6BrNO3. The van der Waals surface area contributed by atoms with Gasteiger partial charge in [0.1, 0.15) is 5.75 Å². The number of rotatable bonds is 2. The highest BCUT2D eigenvalue weighted by Gasteiger charge is 1.98. The van der Waals surface area contributed by atoms with Gasteiger partial charge in [0.05, 0.1) is 4.92 Å². The number of hydrogen-bond donors (Lipinski definition) is 1. The summed E-state index contributed by atoms with van der Waals surface area (Å²) >= 11 is 3.20. The zero-order valence-electron chi connectivity index (χ0n) is 6.48. The van der Waals surface area contributed by atoms with E-state index in [4.69, 9.17) is 5.11 Å². The van der Waals surface area contributed by atoms with E-state index in [-0.39, 0.29) is 5.75 Å². The minimum absolute atomic E-state index is 0.0752. The number of aromatic hydroxyl groups is 1. The molecule has 1 aromatic carbocycles. The van der Waals surface area contributed by atoms with Gasteiger partial charge in [-0.25, -0.2) is 0 Å². The number of benzene rings is 1. The Morgan fingerprint density at radius 2 is 2.23 bits per heavy atom. The van der Waals surface area contributed by atoms with Gasteiger partial charge < -0.3 is 5.11 Å². The van der Waals surface area contributed by atoms with Crippen molar-refractivity contribution in [1.29, 1.82) is 0 Å². The number of nitrogens with zero attached hydrogens (tertiary/aromatic N) is 1. The third-order valence-electron chi connectivity index (χ3n) is 1.36. The van der Waals surface area contributed by atoms with E-state index < -0.39 is 4.92 Å². The van der Waals surface area contributed by atoms with Crippen LogP contribution in [0.25, 0.3) is 6.08 Å². The van der Waals surface area contributed by atoms with Gasteiger partial charge in [-0.15, -0.1) is 0 Å².